The van der Waals surface area contributed by atoms with Crippen LogP contribution < -0.4 is 14.4 Å². The van der Waals surface area contributed by atoms with Gasteiger partial charge in [0.25, 0.3) is 5.91 Å². The molecule has 9 heteroatoms. The Bertz CT molecular complexity index is 1050. The minimum absolute atomic E-state index is 0.0249. The maximum Gasteiger partial charge on any atom is 0.266 e. The van der Waals surface area contributed by atoms with E-state index in [0.717, 1.165) is 17.5 Å². The molecule has 1 aromatic heterocycles. The molecule has 1 amide bonds. The molecule has 0 bridgehead atoms. The van der Waals surface area contributed by atoms with Crippen molar-refractivity contribution in [3.8, 4) is 11.5 Å². The first-order valence-electron chi connectivity index (χ1n) is 9.49. The summed E-state index contributed by atoms with van der Waals surface area (Å²) < 4.78 is 31.1. The molecule has 0 N–H and O–H groups in total. The molecule has 4 rings (SSSR count). The van der Waals surface area contributed by atoms with Gasteiger partial charge in [0, 0.05) is 6.61 Å². The van der Waals surface area contributed by atoms with E-state index in [0.29, 0.717) is 34.6 Å². The lowest BCUT2D eigenvalue weighted by Gasteiger charge is -2.23. The molecule has 1 unspecified atom stereocenters. The van der Waals surface area contributed by atoms with E-state index in [1.807, 2.05) is 0 Å². The number of amides is 1. The van der Waals surface area contributed by atoms with Gasteiger partial charge in [0.05, 0.1) is 29.5 Å². The highest BCUT2D eigenvalue weighted by atomic mass is 35.5. The molecule has 0 saturated carbocycles. The number of halogens is 2. The first kappa shape index (κ1) is 20.8. The van der Waals surface area contributed by atoms with E-state index in [9.17, 15) is 9.18 Å². The third-order valence-corrected chi connectivity index (χ3v) is 6.34. The van der Waals surface area contributed by atoms with Gasteiger partial charge in [0.2, 0.25) is 0 Å². The van der Waals surface area contributed by atoms with Crippen molar-refractivity contribution < 1.29 is 23.4 Å². The molecule has 1 aliphatic rings. The predicted octanol–water partition coefficient (Wildman–Crippen LogP) is 4.69. The second-order valence-corrected chi connectivity index (χ2v) is 8.17. The van der Waals surface area contributed by atoms with Crippen molar-refractivity contribution in [1.82, 2.24) is 4.98 Å². The molecule has 2 aromatic carbocycles. The van der Waals surface area contributed by atoms with Gasteiger partial charge in [-0.25, -0.2) is 9.37 Å². The van der Waals surface area contributed by atoms with Gasteiger partial charge in [-0.05, 0) is 37.1 Å². The van der Waals surface area contributed by atoms with Crippen molar-refractivity contribution in [2.24, 2.45) is 0 Å². The molecule has 1 atom stereocenters. The zero-order chi connectivity index (χ0) is 21.1. The van der Waals surface area contributed by atoms with Gasteiger partial charge in [-0.1, -0.05) is 35.1 Å². The smallest absolute Gasteiger partial charge is 0.266 e. The monoisotopic (exact) mass is 450 g/mol. The van der Waals surface area contributed by atoms with Crippen LogP contribution in [0.3, 0.4) is 0 Å². The van der Waals surface area contributed by atoms with Crippen LogP contribution in [0.25, 0.3) is 10.2 Å². The summed E-state index contributed by atoms with van der Waals surface area (Å²) in [6.45, 7) is 0.672. The van der Waals surface area contributed by atoms with Crippen molar-refractivity contribution in [2.75, 3.05) is 31.8 Å². The highest BCUT2D eigenvalue weighted by Crippen LogP contribution is 2.39. The molecule has 158 valence electrons. The van der Waals surface area contributed by atoms with Gasteiger partial charge in [-0.15, -0.1) is 0 Å². The minimum atomic E-state index is -0.521. The number of para-hydroxylation sites is 1. The van der Waals surface area contributed by atoms with Crippen molar-refractivity contribution in [2.45, 2.75) is 18.9 Å². The Balaban J connectivity index is 1.62. The van der Waals surface area contributed by atoms with Gasteiger partial charge < -0.3 is 14.2 Å². The number of carbonyl (C=O) groups excluding carboxylic acids is 1. The van der Waals surface area contributed by atoms with E-state index in [4.69, 9.17) is 25.8 Å². The van der Waals surface area contributed by atoms with Crippen molar-refractivity contribution in [3.05, 3.63) is 47.2 Å². The summed E-state index contributed by atoms with van der Waals surface area (Å²) in [5, 5.41) is 0.996. The fourth-order valence-electron chi connectivity index (χ4n) is 3.28. The first-order valence-corrected chi connectivity index (χ1v) is 10.7. The Kier molecular flexibility index (Phi) is 6.36. The third-order valence-electron chi connectivity index (χ3n) is 4.80. The zero-order valence-corrected chi connectivity index (χ0v) is 17.8. The Morgan fingerprint density at radius 3 is 2.90 bits per heavy atom. The highest BCUT2D eigenvalue weighted by molar-refractivity contribution is 7.23. The lowest BCUT2D eigenvalue weighted by Crippen LogP contribution is -2.40. The molecule has 0 spiro atoms. The number of anilines is 1. The van der Waals surface area contributed by atoms with Crippen LogP contribution in [0, 0.1) is 5.82 Å². The lowest BCUT2D eigenvalue weighted by atomic mass is 10.2. The van der Waals surface area contributed by atoms with E-state index < -0.39 is 5.82 Å². The first-order chi connectivity index (χ1) is 14.6. The summed E-state index contributed by atoms with van der Waals surface area (Å²) in [5.74, 6) is -0.267. The number of benzene rings is 2. The molecule has 0 aliphatic carbocycles. The van der Waals surface area contributed by atoms with Gasteiger partial charge >= 0.3 is 0 Å². The Morgan fingerprint density at radius 2 is 2.17 bits per heavy atom. The van der Waals surface area contributed by atoms with E-state index in [1.54, 1.807) is 31.4 Å². The predicted molar refractivity (Wildman–Crippen MR) is 114 cm³/mol. The van der Waals surface area contributed by atoms with E-state index >= 15 is 0 Å². The number of hydrogen-bond acceptors (Lipinski definition) is 6. The molecule has 1 saturated heterocycles. The third kappa shape index (κ3) is 4.35. The number of rotatable bonds is 7. The van der Waals surface area contributed by atoms with Crippen molar-refractivity contribution in [3.63, 3.8) is 0 Å². The molecular weight excluding hydrogens is 431 g/mol. The zero-order valence-electron chi connectivity index (χ0n) is 16.3. The Hall–Kier alpha value is -2.42. The van der Waals surface area contributed by atoms with Crippen LogP contribution in [-0.2, 0) is 9.53 Å². The maximum atomic E-state index is 13.9. The van der Waals surface area contributed by atoms with Gasteiger partial charge in [0.1, 0.15) is 11.3 Å². The summed E-state index contributed by atoms with van der Waals surface area (Å²) >= 11 is 7.63. The van der Waals surface area contributed by atoms with Crippen LogP contribution in [0.4, 0.5) is 9.52 Å². The Labute approximate surface area is 182 Å². The summed E-state index contributed by atoms with van der Waals surface area (Å²) in [7, 11) is 1.55. The number of fused-ring (bicyclic) bond motifs is 1. The van der Waals surface area contributed by atoms with Crippen LogP contribution in [0.1, 0.15) is 12.8 Å². The fourth-order valence-corrected chi connectivity index (χ4v) is 4.56. The normalized spacial score (nSPS) is 16.0. The van der Waals surface area contributed by atoms with E-state index in [-0.39, 0.29) is 24.4 Å². The van der Waals surface area contributed by atoms with Crippen LogP contribution >= 0.6 is 22.9 Å². The molecule has 30 heavy (non-hydrogen) atoms. The molecule has 1 fully saturated rings. The molecule has 3 aromatic rings. The summed E-state index contributed by atoms with van der Waals surface area (Å²) in [5.41, 5.74) is 0.588. The van der Waals surface area contributed by atoms with Crippen LogP contribution in [0.2, 0.25) is 5.02 Å². The average molecular weight is 451 g/mol. The summed E-state index contributed by atoms with van der Waals surface area (Å²) in [6, 6.07) is 9.45. The number of ether oxygens (including phenoxy) is 3. The largest absolute Gasteiger partial charge is 0.494 e. The second-order valence-electron chi connectivity index (χ2n) is 6.78. The molecular formula is C21H20ClFN2O4S. The fraction of sp³-hybridized carbons (Fsp3) is 0.333. The van der Waals surface area contributed by atoms with E-state index in [1.165, 1.54) is 28.4 Å². The van der Waals surface area contributed by atoms with Gasteiger partial charge in [-0.3, -0.25) is 9.69 Å². The van der Waals surface area contributed by atoms with Gasteiger partial charge in [-0.2, -0.15) is 0 Å². The Morgan fingerprint density at radius 1 is 1.33 bits per heavy atom. The minimum Gasteiger partial charge on any atom is -0.494 e. The van der Waals surface area contributed by atoms with Gasteiger partial charge in [0.15, 0.2) is 23.3 Å². The standard InChI is InChI=1S/C21H20ClFN2O4S/c1-27-17-9-8-14(22)20-19(17)24-21(30-20)25(11-13-5-4-10-28-13)18(26)12-29-16-7-3-2-6-15(16)23/h2-3,6-9,13H,4-5,10-12H2,1H3. The molecule has 1 aliphatic heterocycles. The SMILES string of the molecule is COc1ccc(Cl)c2sc(N(CC3CCCO3)C(=O)COc3ccccc3F)nc12. The van der Waals surface area contributed by atoms with Crippen LogP contribution in [-0.4, -0.2) is 43.9 Å². The highest BCUT2D eigenvalue weighted by Gasteiger charge is 2.27. The molecule has 6 nitrogen and oxygen atoms in total. The van der Waals surface area contributed by atoms with Crippen molar-refractivity contribution in [1.29, 1.82) is 0 Å². The van der Waals surface area contributed by atoms with Crippen LogP contribution in [0.15, 0.2) is 36.4 Å². The maximum absolute atomic E-state index is 13.9. The average Bonchev–Trinajstić information content (AvgIpc) is 3.42. The topological polar surface area (TPSA) is 60.9 Å². The number of thiazole rings is 1. The summed E-state index contributed by atoms with van der Waals surface area (Å²) in [4.78, 5) is 19.2. The number of methoxy groups -OCH3 is 1. The second kappa shape index (κ2) is 9.16. The molecule has 2 heterocycles. The van der Waals surface area contributed by atoms with E-state index in [2.05, 4.69) is 4.98 Å². The number of hydrogen-bond donors (Lipinski definition) is 0. The lowest BCUT2D eigenvalue weighted by molar-refractivity contribution is -0.121. The quantitative estimate of drug-likeness (QED) is 0.522. The van der Waals surface area contributed by atoms with Crippen molar-refractivity contribution >= 4 is 44.2 Å². The summed E-state index contributed by atoms with van der Waals surface area (Å²) in [6.07, 6.45) is 1.71. The number of nitrogens with zero attached hydrogens (tertiary/aromatic N) is 2. The van der Waals surface area contributed by atoms with Crippen LogP contribution in [0.5, 0.6) is 11.5 Å². The number of carbonyl (C=O) groups is 1. The molecule has 0 radical (unpaired) electrons. The number of aromatic nitrogens is 1.